The Morgan fingerprint density at radius 3 is 2.00 bits per heavy atom. The summed E-state index contributed by atoms with van der Waals surface area (Å²) in [7, 11) is 0. The molecule has 0 amide bonds. The third kappa shape index (κ3) is 2.97. The van der Waals surface area contributed by atoms with Crippen molar-refractivity contribution < 1.29 is 10.2 Å². The zero-order valence-electron chi connectivity index (χ0n) is 11.4. The lowest BCUT2D eigenvalue weighted by Crippen LogP contribution is -1.84. The van der Waals surface area contributed by atoms with Gasteiger partial charge in [-0.2, -0.15) is 0 Å². The monoisotopic (exact) mass is 254 g/mol. The summed E-state index contributed by atoms with van der Waals surface area (Å²) < 4.78 is 0. The molecule has 0 aliphatic rings. The van der Waals surface area contributed by atoms with Crippen LogP contribution in [0.15, 0.2) is 30.3 Å². The smallest absolute Gasteiger partial charge is 0.121 e. The SMILES string of the molecule is Cc1cc(O)ccc1/C=C/c1cc(C)c(O)c(C)c1. The van der Waals surface area contributed by atoms with Crippen LogP contribution in [0, 0.1) is 20.8 Å². The molecular weight excluding hydrogens is 236 g/mol. The zero-order chi connectivity index (χ0) is 14.0. The standard InChI is InChI=1S/C17H18O2/c1-11-10-16(18)7-6-15(11)5-4-14-8-12(2)17(19)13(3)9-14/h4-10,18-19H,1-3H3/b5-4+. The van der Waals surface area contributed by atoms with E-state index in [1.165, 1.54) is 0 Å². The Morgan fingerprint density at radius 2 is 1.42 bits per heavy atom. The second-order valence-corrected chi connectivity index (χ2v) is 4.88. The second-order valence-electron chi connectivity index (χ2n) is 4.88. The van der Waals surface area contributed by atoms with Gasteiger partial charge in [-0.1, -0.05) is 18.2 Å². The van der Waals surface area contributed by atoms with Crippen molar-refractivity contribution in [3.8, 4) is 11.5 Å². The predicted octanol–water partition coefficient (Wildman–Crippen LogP) is 4.19. The molecule has 0 aliphatic heterocycles. The Bertz CT molecular complexity index is 617. The van der Waals surface area contributed by atoms with Crippen LogP contribution in [-0.4, -0.2) is 10.2 Å². The van der Waals surface area contributed by atoms with Crippen LogP contribution >= 0.6 is 0 Å². The van der Waals surface area contributed by atoms with Crippen LogP contribution < -0.4 is 0 Å². The summed E-state index contributed by atoms with van der Waals surface area (Å²) in [4.78, 5) is 0. The molecule has 0 heterocycles. The molecule has 0 saturated carbocycles. The van der Waals surface area contributed by atoms with E-state index in [0.717, 1.165) is 27.8 Å². The van der Waals surface area contributed by atoms with Gasteiger partial charge in [0.25, 0.3) is 0 Å². The average Bonchev–Trinajstić information content (AvgIpc) is 2.34. The molecule has 0 saturated heterocycles. The van der Waals surface area contributed by atoms with Gasteiger partial charge in [-0.15, -0.1) is 0 Å². The molecule has 2 N–H and O–H groups in total. The molecule has 2 heteroatoms. The number of rotatable bonds is 2. The van der Waals surface area contributed by atoms with Crippen LogP contribution in [0.5, 0.6) is 11.5 Å². The van der Waals surface area contributed by atoms with E-state index in [9.17, 15) is 10.2 Å². The fourth-order valence-electron chi connectivity index (χ4n) is 2.12. The van der Waals surface area contributed by atoms with Crippen molar-refractivity contribution in [3.05, 3.63) is 58.1 Å². The number of phenolic OH excluding ortho intramolecular Hbond substituents is 2. The molecule has 0 spiro atoms. The first kappa shape index (κ1) is 13.2. The van der Waals surface area contributed by atoms with Gasteiger partial charge < -0.3 is 10.2 Å². The van der Waals surface area contributed by atoms with E-state index in [4.69, 9.17) is 0 Å². The molecule has 0 aromatic heterocycles. The molecule has 19 heavy (non-hydrogen) atoms. The van der Waals surface area contributed by atoms with Crippen molar-refractivity contribution in [1.29, 1.82) is 0 Å². The first-order valence-electron chi connectivity index (χ1n) is 6.25. The molecule has 2 aromatic carbocycles. The molecule has 0 aliphatic carbocycles. The van der Waals surface area contributed by atoms with Crippen molar-refractivity contribution in [2.24, 2.45) is 0 Å². The van der Waals surface area contributed by atoms with E-state index in [-0.39, 0.29) is 5.75 Å². The van der Waals surface area contributed by atoms with Crippen molar-refractivity contribution in [2.45, 2.75) is 20.8 Å². The summed E-state index contributed by atoms with van der Waals surface area (Å²) in [5.41, 5.74) is 4.91. The molecule has 2 aromatic rings. The number of hydrogen-bond acceptors (Lipinski definition) is 2. The number of aromatic hydroxyl groups is 2. The van der Waals surface area contributed by atoms with Crippen LogP contribution in [0.25, 0.3) is 12.2 Å². The van der Waals surface area contributed by atoms with Crippen LogP contribution in [0.2, 0.25) is 0 Å². The van der Waals surface area contributed by atoms with Crippen LogP contribution in [0.4, 0.5) is 0 Å². The maximum absolute atomic E-state index is 9.74. The molecule has 0 unspecified atom stereocenters. The minimum Gasteiger partial charge on any atom is -0.508 e. The minimum absolute atomic E-state index is 0.283. The summed E-state index contributed by atoms with van der Waals surface area (Å²) in [6, 6.07) is 9.22. The minimum atomic E-state index is 0.283. The maximum atomic E-state index is 9.74. The van der Waals surface area contributed by atoms with Gasteiger partial charge in [0.1, 0.15) is 11.5 Å². The number of benzene rings is 2. The van der Waals surface area contributed by atoms with Gasteiger partial charge in [-0.05, 0) is 72.9 Å². The molecule has 2 nitrogen and oxygen atoms in total. The Kier molecular flexibility index (Phi) is 3.61. The van der Waals surface area contributed by atoms with E-state index in [0.29, 0.717) is 5.75 Å². The summed E-state index contributed by atoms with van der Waals surface area (Å²) in [5, 5.41) is 19.1. The lowest BCUT2D eigenvalue weighted by atomic mass is 10.0. The van der Waals surface area contributed by atoms with E-state index >= 15 is 0 Å². The topological polar surface area (TPSA) is 40.5 Å². The summed E-state index contributed by atoms with van der Waals surface area (Å²) in [5.74, 6) is 0.643. The predicted molar refractivity (Wildman–Crippen MR) is 79.4 cm³/mol. The summed E-state index contributed by atoms with van der Waals surface area (Å²) in [6.45, 7) is 5.75. The maximum Gasteiger partial charge on any atom is 0.121 e. The van der Waals surface area contributed by atoms with Crippen LogP contribution in [0.3, 0.4) is 0 Å². The van der Waals surface area contributed by atoms with Gasteiger partial charge in [-0.3, -0.25) is 0 Å². The van der Waals surface area contributed by atoms with E-state index in [1.807, 2.05) is 51.1 Å². The van der Waals surface area contributed by atoms with Crippen molar-refractivity contribution in [1.82, 2.24) is 0 Å². The highest BCUT2D eigenvalue weighted by molar-refractivity contribution is 5.72. The lowest BCUT2D eigenvalue weighted by molar-refractivity contribution is 0.467. The number of aryl methyl sites for hydroxylation is 3. The van der Waals surface area contributed by atoms with E-state index in [1.54, 1.807) is 12.1 Å². The Balaban J connectivity index is 2.32. The van der Waals surface area contributed by atoms with Gasteiger partial charge >= 0.3 is 0 Å². The quantitative estimate of drug-likeness (QED) is 0.789. The fraction of sp³-hybridized carbons (Fsp3) is 0.176. The van der Waals surface area contributed by atoms with Crippen molar-refractivity contribution in [3.63, 3.8) is 0 Å². The highest BCUT2D eigenvalue weighted by atomic mass is 16.3. The van der Waals surface area contributed by atoms with Gasteiger partial charge in [0.2, 0.25) is 0 Å². The van der Waals surface area contributed by atoms with Crippen molar-refractivity contribution in [2.75, 3.05) is 0 Å². The summed E-state index contributed by atoms with van der Waals surface area (Å²) >= 11 is 0. The molecule has 0 fully saturated rings. The van der Waals surface area contributed by atoms with Gasteiger partial charge in [-0.25, -0.2) is 0 Å². The van der Waals surface area contributed by atoms with Crippen LogP contribution in [0.1, 0.15) is 27.8 Å². The highest BCUT2D eigenvalue weighted by Crippen LogP contribution is 2.24. The zero-order valence-corrected chi connectivity index (χ0v) is 11.4. The van der Waals surface area contributed by atoms with E-state index < -0.39 is 0 Å². The third-order valence-corrected chi connectivity index (χ3v) is 3.22. The van der Waals surface area contributed by atoms with Crippen LogP contribution in [-0.2, 0) is 0 Å². The van der Waals surface area contributed by atoms with E-state index in [2.05, 4.69) is 0 Å². The Hall–Kier alpha value is -2.22. The molecule has 2 rings (SSSR count). The average molecular weight is 254 g/mol. The Morgan fingerprint density at radius 1 is 0.789 bits per heavy atom. The normalized spacial score (nSPS) is 11.1. The number of hydrogen-bond donors (Lipinski definition) is 2. The largest absolute Gasteiger partial charge is 0.508 e. The molecule has 0 atom stereocenters. The Labute approximate surface area is 113 Å². The number of phenols is 2. The first-order valence-corrected chi connectivity index (χ1v) is 6.25. The molecular formula is C17H18O2. The second kappa shape index (κ2) is 5.19. The van der Waals surface area contributed by atoms with Gasteiger partial charge in [0, 0.05) is 0 Å². The fourth-order valence-corrected chi connectivity index (χ4v) is 2.12. The first-order chi connectivity index (χ1) is 8.97. The molecule has 98 valence electrons. The third-order valence-electron chi connectivity index (χ3n) is 3.22. The lowest BCUT2D eigenvalue weighted by Gasteiger charge is -2.05. The van der Waals surface area contributed by atoms with Gasteiger partial charge in [0.05, 0.1) is 0 Å². The summed E-state index contributed by atoms with van der Waals surface area (Å²) in [6.07, 6.45) is 4.03. The molecule has 0 bridgehead atoms. The highest BCUT2D eigenvalue weighted by Gasteiger charge is 2.01. The van der Waals surface area contributed by atoms with Crippen molar-refractivity contribution >= 4 is 12.2 Å². The van der Waals surface area contributed by atoms with Gasteiger partial charge in [0.15, 0.2) is 0 Å². The molecule has 0 radical (unpaired) electrons.